The van der Waals surface area contributed by atoms with E-state index in [0.29, 0.717) is 11.5 Å². The molecule has 0 amide bonds. The highest BCUT2D eigenvalue weighted by molar-refractivity contribution is 4.89. The molecule has 1 fully saturated rings. The summed E-state index contributed by atoms with van der Waals surface area (Å²) in [5, 5.41) is 3.60. The van der Waals surface area contributed by atoms with Gasteiger partial charge in [-0.2, -0.15) is 0 Å². The molecule has 108 valence electrons. The summed E-state index contributed by atoms with van der Waals surface area (Å²) in [5.74, 6) is 0. The van der Waals surface area contributed by atoms with Crippen molar-refractivity contribution in [2.45, 2.75) is 59.0 Å². The molecule has 3 heteroatoms. The van der Waals surface area contributed by atoms with Crippen LogP contribution >= 0.6 is 0 Å². The highest BCUT2D eigenvalue weighted by atomic mass is 16.5. The summed E-state index contributed by atoms with van der Waals surface area (Å²) >= 11 is 0. The van der Waals surface area contributed by atoms with Crippen LogP contribution in [0.15, 0.2) is 0 Å². The normalized spacial score (nSPS) is 19.5. The molecular formula is C15H32N2O. The standard InChI is InChI=1S/C15H32N2O/c1-6-15(4,11-16-13(2)3)12-17(9-10-18-5)14-7-8-14/h13-14,16H,6-12H2,1-5H3. The van der Waals surface area contributed by atoms with Gasteiger partial charge in [-0.1, -0.05) is 27.7 Å². The van der Waals surface area contributed by atoms with Crippen LogP contribution < -0.4 is 5.32 Å². The third kappa shape index (κ3) is 5.68. The van der Waals surface area contributed by atoms with Crippen LogP contribution in [0.1, 0.15) is 47.0 Å². The molecule has 0 aromatic carbocycles. The summed E-state index contributed by atoms with van der Waals surface area (Å²) in [4.78, 5) is 2.63. The third-order valence-corrected chi connectivity index (χ3v) is 4.02. The quantitative estimate of drug-likeness (QED) is 0.650. The van der Waals surface area contributed by atoms with E-state index in [9.17, 15) is 0 Å². The second-order valence-electron chi connectivity index (χ2n) is 6.39. The van der Waals surface area contributed by atoms with E-state index < -0.39 is 0 Å². The van der Waals surface area contributed by atoms with Crippen molar-refractivity contribution in [3.05, 3.63) is 0 Å². The van der Waals surface area contributed by atoms with E-state index in [1.54, 1.807) is 7.11 Å². The minimum atomic E-state index is 0.376. The summed E-state index contributed by atoms with van der Waals surface area (Å²) in [6, 6.07) is 1.40. The first-order valence-electron chi connectivity index (χ1n) is 7.47. The highest BCUT2D eigenvalue weighted by Gasteiger charge is 2.33. The number of nitrogens with zero attached hydrogens (tertiary/aromatic N) is 1. The molecule has 0 saturated heterocycles. The first-order chi connectivity index (χ1) is 8.50. The Morgan fingerprint density at radius 1 is 1.39 bits per heavy atom. The van der Waals surface area contributed by atoms with Crippen molar-refractivity contribution >= 4 is 0 Å². The van der Waals surface area contributed by atoms with Gasteiger partial charge in [0.25, 0.3) is 0 Å². The van der Waals surface area contributed by atoms with Gasteiger partial charge in [-0.05, 0) is 24.7 Å². The number of ether oxygens (including phenoxy) is 1. The van der Waals surface area contributed by atoms with E-state index in [1.165, 1.54) is 25.8 Å². The van der Waals surface area contributed by atoms with E-state index in [4.69, 9.17) is 4.74 Å². The minimum Gasteiger partial charge on any atom is -0.383 e. The minimum absolute atomic E-state index is 0.376. The van der Waals surface area contributed by atoms with Crippen molar-refractivity contribution in [2.75, 3.05) is 33.4 Å². The van der Waals surface area contributed by atoms with Crippen LogP contribution in [0.2, 0.25) is 0 Å². The Hall–Kier alpha value is -0.120. The maximum absolute atomic E-state index is 5.24. The van der Waals surface area contributed by atoms with Crippen molar-refractivity contribution in [2.24, 2.45) is 5.41 Å². The lowest BCUT2D eigenvalue weighted by atomic mass is 9.86. The smallest absolute Gasteiger partial charge is 0.0589 e. The Morgan fingerprint density at radius 3 is 2.50 bits per heavy atom. The third-order valence-electron chi connectivity index (χ3n) is 4.02. The van der Waals surface area contributed by atoms with Gasteiger partial charge in [0.2, 0.25) is 0 Å². The Kier molecular flexibility index (Phi) is 6.61. The number of hydrogen-bond donors (Lipinski definition) is 1. The van der Waals surface area contributed by atoms with Crippen molar-refractivity contribution in [3.8, 4) is 0 Å². The number of methoxy groups -OCH3 is 1. The SMILES string of the molecule is CCC(C)(CNC(C)C)CN(CCOC)C1CC1. The predicted molar refractivity (Wildman–Crippen MR) is 78.0 cm³/mol. The molecular weight excluding hydrogens is 224 g/mol. The van der Waals surface area contributed by atoms with Crippen LogP contribution in [0, 0.1) is 5.41 Å². The Bertz CT molecular complexity index is 229. The molecule has 1 unspecified atom stereocenters. The number of hydrogen-bond acceptors (Lipinski definition) is 3. The summed E-state index contributed by atoms with van der Waals surface area (Å²) in [6.07, 6.45) is 3.98. The zero-order valence-electron chi connectivity index (χ0n) is 13.0. The summed E-state index contributed by atoms with van der Waals surface area (Å²) < 4.78 is 5.24. The summed E-state index contributed by atoms with van der Waals surface area (Å²) in [5.41, 5.74) is 0.376. The second-order valence-corrected chi connectivity index (χ2v) is 6.39. The maximum atomic E-state index is 5.24. The molecule has 1 atom stereocenters. The van der Waals surface area contributed by atoms with Gasteiger partial charge in [-0.25, -0.2) is 0 Å². The highest BCUT2D eigenvalue weighted by Crippen LogP contribution is 2.31. The van der Waals surface area contributed by atoms with Crippen LogP contribution in [0.4, 0.5) is 0 Å². The van der Waals surface area contributed by atoms with E-state index >= 15 is 0 Å². The van der Waals surface area contributed by atoms with E-state index in [2.05, 4.69) is 37.9 Å². The van der Waals surface area contributed by atoms with Gasteiger partial charge in [0.1, 0.15) is 0 Å². The fourth-order valence-electron chi connectivity index (χ4n) is 2.27. The molecule has 1 rings (SSSR count). The van der Waals surface area contributed by atoms with Gasteiger partial charge in [-0.15, -0.1) is 0 Å². The van der Waals surface area contributed by atoms with Crippen molar-refractivity contribution in [1.29, 1.82) is 0 Å². The molecule has 0 radical (unpaired) electrons. The lowest BCUT2D eigenvalue weighted by molar-refractivity contribution is 0.102. The van der Waals surface area contributed by atoms with Crippen LogP contribution in [-0.2, 0) is 4.74 Å². The molecule has 1 aliphatic carbocycles. The maximum Gasteiger partial charge on any atom is 0.0589 e. The van der Waals surface area contributed by atoms with Crippen LogP contribution in [0.3, 0.4) is 0 Å². The van der Waals surface area contributed by atoms with E-state index in [-0.39, 0.29) is 0 Å². The molecule has 1 N–H and O–H groups in total. The molecule has 1 saturated carbocycles. The van der Waals surface area contributed by atoms with Gasteiger partial charge < -0.3 is 10.1 Å². The zero-order chi connectivity index (χ0) is 13.6. The van der Waals surface area contributed by atoms with Gasteiger partial charge in [0.05, 0.1) is 6.61 Å². The van der Waals surface area contributed by atoms with Gasteiger partial charge in [0.15, 0.2) is 0 Å². The molecule has 1 aliphatic rings. The average molecular weight is 256 g/mol. The summed E-state index contributed by atoms with van der Waals surface area (Å²) in [7, 11) is 1.80. The summed E-state index contributed by atoms with van der Waals surface area (Å²) in [6.45, 7) is 13.4. The number of nitrogens with one attached hydrogen (secondary N) is 1. The van der Waals surface area contributed by atoms with E-state index in [1.807, 2.05) is 0 Å². The molecule has 3 nitrogen and oxygen atoms in total. The van der Waals surface area contributed by atoms with Crippen molar-refractivity contribution in [1.82, 2.24) is 10.2 Å². The topological polar surface area (TPSA) is 24.5 Å². The fourth-order valence-corrected chi connectivity index (χ4v) is 2.27. The molecule has 0 aromatic heterocycles. The van der Waals surface area contributed by atoms with E-state index in [0.717, 1.165) is 25.7 Å². The zero-order valence-corrected chi connectivity index (χ0v) is 13.0. The average Bonchev–Trinajstić information content (AvgIpc) is 3.16. The largest absolute Gasteiger partial charge is 0.383 e. The molecule has 18 heavy (non-hydrogen) atoms. The first-order valence-corrected chi connectivity index (χ1v) is 7.47. The molecule has 0 aliphatic heterocycles. The van der Waals surface area contributed by atoms with Crippen molar-refractivity contribution < 1.29 is 4.74 Å². The first kappa shape index (κ1) is 15.9. The van der Waals surface area contributed by atoms with Crippen LogP contribution in [-0.4, -0.2) is 50.3 Å². The lowest BCUT2D eigenvalue weighted by Crippen LogP contribution is -2.45. The molecule has 0 heterocycles. The lowest BCUT2D eigenvalue weighted by Gasteiger charge is -2.36. The van der Waals surface area contributed by atoms with Crippen LogP contribution in [0.5, 0.6) is 0 Å². The van der Waals surface area contributed by atoms with Gasteiger partial charge >= 0.3 is 0 Å². The van der Waals surface area contributed by atoms with Gasteiger partial charge in [-0.3, -0.25) is 4.90 Å². The Labute approximate surface area is 113 Å². The number of rotatable bonds is 10. The second kappa shape index (κ2) is 7.46. The van der Waals surface area contributed by atoms with Gasteiger partial charge in [0, 0.05) is 38.8 Å². The van der Waals surface area contributed by atoms with Crippen molar-refractivity contribution in [3.63, 3.8) is 0 Å². The predicted octanol–water partition coefficient (Wildman–Crippen LogP) is 2.51. The Balaban J connectivity index is 2.46. The molecule has 0 bridgehead atoms. The fraction of sp³-hybridized carbons (Fsp3) is 1.00. The Morgan fingerprint density at radius 2 is 2.06 bits per heavy atom. The van der Waals surface area contributed by atoms with Crippen LogP contribution in [0.25, 0.3) is 0 Å². The molecule has 0 aromatic rings. The monoisotopic (exact) mass is 256 g/mol. The molecule has 0 spiro atoms.